The van der Waals surface area contributed by atoms with Gasteiger partial charge in [0.15, 0.2) is 5.82 Å². The van der Waals surface area contributed by atoms with Crippen LogP contribution in [0.15, 0.2) is 47.3 Å². The number of hydrogen-bond acceptors (Lipinski definition) is 5. The first kappa shape index (κ1) is 17.4. The van der Waals surface area contributed by atoms with E-state index in [2.05, 4.69) is 20.4 Å². The van der Waals surface area contributed by atoms with E-state index < -0.39 is 5.54 Å². The minimum absolute atomic E-state index is 0.218. The Morgan fingerprint density at radius 3 is 2.68 bits per heavy atom. The van der Waals surface area contributed by atoms with Crippen LogP contribution < -0.4 is 5.32 Å². The topological polar surface area (TPSA) is 80.9 Å². The fourth-order valence-electron chi connectivity index (χ4n) is 2.26. The van der Waals surface area contributed by atoms with Crippen molar-refractivity contribution < 1.29 is 9.32 Å². The molecule has 0 aliphatic rings. The van der Waals surface area contributed by atoms with Crippen molar-refractivity contribution >= 4 is 29.1 Å². The number of carbonyl (C=O) groups is 1. The lowest BCUT2D eigenvalue weighted by atomic mass is 10.0. The van der Waals surface area contributed by atoms with Crippen LogP contribution >= 0.6 is 23.2 Å². The Bertz CT molecular complexity index is 911. The smallest absolute Gasteiger partial charge is 0.270 e. The molecule has 0 saturated carbocycles. The summed E-state index contributed by atoms with van der Waals surface area (Å²) in [5.41, 5.74) is 0.608. The van der Waals surface area contributed by atoms with Gasteiger partial charge in [-0.25, -0.2) is 4.98 Å². The summed E-state index contributed by atoms with van der Waals surface area (Å²) >= 11 is 12.3. The van der Waals surface area contributed by atoms with Crippen molar-refractivity contribution in [1.29, 1.82) is 0 Å². The quantitative estimate of drug-likeness (QED) is 0.740. The molecule has 0 saturated heterocycles. The molecular weight excluding hydrogens is 363 g/mol. The van der Waals surface area contributed by atoms with E-state index in [4.69, 9.17) is 27.7 Å². The molecule has 0 bridgehead atoms. The molecule has 0 aliphatic heterocycles. The zero-order valence-corrected chi connectivity index (χ0v) is 15.0. The van der Waals surface area contributed by atoms with Gasteiger partial charge in [0.25, 0.3) is 5.91 Å². The van der Waals surface area contributed by atoms with E-state index in [9.17, 15) is 4.79 Å². The number of nitrogens with zero attached hydrogens (tertiary/aromatic N) is 3. The molecule has 1 amide bonds. The summed E-state index contributed by atoms with van der Waals surface area (Å²) in [6.07, 6.45) is 1.21. The number of nitrogens with one attached hydrogen (secondary N) is 1. The van der Waals surface area contributed by atoms with Crippen molar-refractivity contribution in [3.63, 3.8) is 0 Å². The third-order valence-electron chi connectivity index (χ3n) is 3.52. The van der Waals surface area contributed by atoms with Crippen LogP contribution in [-0.4, -0.2) is 21.0 Å². The van der Waals surface area contributed by atoms with Crippen LogP contribution in [0.4, 0.5) is 0 Å². The van der Waals surface area contributed by atoms with Crippen LogP contribution in [0, 0.1) is 0 Å². The summed E-state index contributed by atoms with van der Waals surface area (Å²) in [4.78, 5) is 20.9. The fourth-order valence-corrected chi connectivity index (χ4v) is 2.66. The lowest BCUT2D eigenvalue weighted by Gasteiger charge is -2.22. The average molecular weight is 377 g/mol. The predicted molar refractivity (Wildman–Crippen MR) is 94.5 cm³/mol. The van der Waals surface area contributed by atoms with E-state index in [1.165, 1.54) is 6.39 Å². The van der Waals surface area contributed by atoms with Crippen molar-refractivity contribution in [2.24, 2.45) is 0 Å². The van der Waals surface area contributed by atoms with Gasteiger partial charge in [-0.05, 0) is 38.1 Å². The Labute approximate surface area is 154 Å². The summed E-state index contributed by atoms with van der Waals surface area (Å²) in [6.45, 7) is 3.53. The molecule has 1 aromatic carbocycles. The van der Waals surface area contributed by atoms with Gasteiger partial charge in [0.2, 0.25) is 6.39 Å². The maximum absolute atomic E-state index is 12.6. The monoisotopic (exact) mass is 376 g/mol. The lowest BCUT2D eigenvalue weighted by Crippen LogP contribution is -2.42. The fraction of sp³-hybridized carbons (Fsp3) is 0.176. The number of hydrogen-bond donors (Lipinski definition) is 1. The highest BCUT2D eigenvalue weighted by molar-refractivity contribution is 6.33. The molecular formula is C17H14Cl2N4O2. The molecule has 0 aliphatic carbocycles. The summed E-state index contributed by atoms with van der Waals surface area (Å²) in [6, 6.07) is 10.3. The van der Waals surface area contributed by atoms with E-state index in [0.717, 1.165) is 5.56 Å². The maximum atomic E-state index is 12.6. The molecule has 128 valence electrons. The van der Waals surface area contributed by atoms with Gasteiger partial charge in [-0.15, -0.1) is 0 Å². The molecule has 1 N–H and O–H groups in total. The molecule has 0 atom stereocenters. The van der Waals surface area contributed by atoms with Crippen molar-refractivity contribution in [3.8, 4) is 11.3 Å². The summed E-state index contributed by atoms with van der Waals surface area (Å²) in [5.74, 6) is -0.0142. The number of aromatic nitrogens is 3. The van der Waals surface area contributed by atoms with E-state index in [1.807, 2.05) is 6.07 Å². The number of pyridine rings is 1. The Kier molecular flexibility index (Phi) is 4.74. The number of halogens is 2. The van der Waals surface area contributed by atoms with Gasteiger partial charge in [0, 0.05) is 10.6 Å². The molecule has 0 spiro atoms. The van der Waals surface area contributed by atoms with Gasteiger partial charge in [-0.3, -0.25) is 4.79 Å². The Morgan fingerprint density at radius 2 is 2.00 bits per heavy atom. The average Bonchev–Trinajstić information content (AvgIpc) is 3.10. The molecule has 0 radical (unpaired) electrons. The van der Waals surface area contributed by atoms with Gasteiger partial charge < -0.3 is 9.84 Å². The van der Waals surface area contributed by atoms with E-state index >= 15 is 0 Å². The number of amides is 1. The number of benzene rings is 1. The van der Waals surface area contributed by atoms with E-state index in [1.54, 1.807) is 44.2 Å². The third-order valence-corrected chi connectivity index (χ3v) is 4.06. The first-order chi connectivity index (χ1) is 11.9. The van der Waals surface area contributed by atoms with Gasteiger partial charge in [-0.1, -0.05) is 40.5 Å². The van der Waals surface area contributed by atoms with Crippen molar-refractivity contribution in [2.45, 2.75) is 19.4 Å². The second kappa shape index (κ2) is 6.82. The van der Waals surface area contributed by atoms with E-state index in [-0.39, 0.29) is 11.6 Å². The maximum Gasteiger partial charge on any atom is 0.270 e. The van der Waals surface area contributed by atoms with E-state index in [0.29, 0.717) is 21.6 Å². The summed E-state index contributed by atoms with van der Waals surface area (Å²) in [7, 11) is 0. The largest absolute Gasteiger partial charge is 0.343 e. The predicted octanol–water partition coefficient (Wildman–Crippen LogP) is 4.10. The Hall–Kier alpha value is -2.44. The highest BCUT2D eigenvalue weighted by Crippen LogP contribution is 2.28. The van der Waals surface area contributed by atoms with Crippen LogP contribution in [0.5, 0.6) is 0 Å². The molecule has 25 heavy (non-hydrogen) atoms. The minimum Gasteiger partial charge on any atom is -0.343 e. The highest BCUT2D eigenvalue weighted by atomic mass is 35.5. The molecule has 0 fully saturated rings. The van der Waals surface area contributed by atoms with Crippen LogP contribution in [0.3, 0.4) is 0 Å². The molecule has 8 heteroatoms. The van der Waals surface area contributed by atoms with Crippen LogP contribution in [0.1, 0.15) is 30.2 Å². The normalized spacial score (nSPS) is 11.4. The summed E-state index contributed by atoms with van der Waals surface area (Å²) < 4.78 is 4.73. The Balaban J connectivity index is 1.90. The molecule has 0 unspecified atom stereocenters. The van der Waals surface area contributed by atoms with Crippen LogP contribution in [0.25, 0.3) is 11.3 Å². The molecule has 2 aromatic heterocycles. The SMILES string of the molecule is CC(C)(NC(=O)c1ccc(Cl)c(-c2cccc(Cl)c2)n1)c1ncon1. The molecule has 3 aromatic rings. The van der Waals surface area contributed by atoms with Crippen molar-refractivity contribution in [2.75, 3.05) is 0 Å². The van der Waals surface area contributed by atoms with Crippen LogP contribution in [-0.2, 0) is 5.54 Å². The standard InChI is InChI=1S/C17H14Cl2N4O2/c1-17(2,16-20-9-25-23-16)22-15(24)13-7-6-12(19)14(21-13)10-4-3-5-11(18)8-10/h3-9H,1-2H3,(H,22,24). The molecule has 6 nitrogen and oxygen atoms in total. The zero-order valence-electron chi connectivity index (χ0n) is 13.5. The summed E-state index contributed by atoms with van der Waals surface area (Å²) in [5, 5.41) is 7.58. The van der Waals surface area contributed by atoms with Gasteiger partial charge >= 0.3 is 0 Å². The first-order valence-electron chi connectivity index (χ1n) is 7.39. The van der Waals surface area contributed by atoms with Gasteiger partial charge in [0.05, 0.1) is 16.3 Å². The number of carbonyl (C=O) groups excluding carboxylic acids is 1. The van der Waals surface area contributed by atoms with Crippen LogP contribution in [0.2, 0.25) is 10.0 Å². The zero-order chi connectivity index (χ0) is 18.0. The first-order valence-corrected chi connectivity index (χ1v) is 8.14. The second-order valence-electron chi connectivity index (χ2n) is 5.87. The lowest BCUT2D eigenvalue weighted by molar-refractivity contribution is 0.0902. The van der Waals surface area contributed by atoms with Crippen molar-refractivity contribution in [3.05, 3.63) is 64.4 Å². The second-order valence-corrected chi connectivity index (χ2v) is 6.71. The Morgan fingerprint density at radius 1 is 1.20 bits per heavy atom. The van der Waals surface area contributed by atoms with Crippen molar-refractivity contribution in [1.82, 2.24) is 20.4 Å². The third kappa shape index (κ3) is 3.81. The molecule has 3 rings (SSSR count). The number of rotatable bonds is 4. The van der Waals surface area contributed by atoms with Gasteiger partial charge in [-0.2, -0.15) is 4.98 Å². The minimum atomic E-state index is -0.818. The highest BCUT2D eigenvalue weighted by Gasteiger charge is 2.28. The molecule has 2 heterocycles. The van der Waals surface area contributed by atoms with Gasteiger partial charge in [0.1, 0.15) is 5.69 Å².